The van der Waals surface area contributed by atoms with Crippen molar-refractivity contribution in [1.29, 1.82) is 0 Å². The molecule has 1 aliphatic heterocycles. The molecule has 9 heteroatoms. The number of aryl methyl sites for hydroxylation is 1. The van der Waals surface area contributed by atoms with E-state index in [0.717, 1.165) is 5.69 Å². The molecule has 1 aliphatic rings. The van der Waals surface area contributed by atoms with E-state index in [9.17, 15) is 9.59 Å². The van der Waals surface area contributed by atoms with Crippen molar-refractivity contribution in [3.05, 3.63) is 11.8 Å². The number of anilines is 1. The molecule has 2 atom stereocenters. The third-order valence-corrected chi connectivity index (χ3v) is 3.17. The number of carbonyl (C=O) groups excluding carboxylic acids is 2. The van der Waals surface area contributed by atoms with Crippen molar-refractivity contribution in [2.45, 2.75) is 32.6 Å². The normalized spacial score (nSPS) is 21.3. The van der Waals surface area contributed by atoms with Crippen molar-refractivity contribution in [3.8, 4) is 0 Å². The molecule has 0 bridgehead atoms. The van der Waals surface area contributed by atoms with Crippen LogP contribution in [0.15, 0.2) is 6.07 Å². The number of ether oxygens (including phenoxy) is 1. The monoisotopic (exact) mass is 310 g/mol. The maximum absolute atomic E-state index is 11.8. The standard InChI is InChI=1S/C13H22N6O3/c1-8-7-11(20)17-12(15-8)19-10(6-9(2)18-19)16-13(21)14-4-5-22-3/h6,8,12,15H,4-5,7H2,1-3H3,(H,17,20)(H2,14,16,21). The highest BCUT2D eigenvalue weighted by Crippen LogP contribution is 2.16. The molecule has 4 N–H and O–H groups in total. The number of nitrogens with zero attached hydrogens (tertiary/aromatic N) is 2. The van der Waals surface area contributed by atoms with Crippen LogP contribution in [0.2, 0.25) is 0 Å². The zero-order valence-corrected chi connectivity index (χ0v) is 13.0. The lowest BCUT2D eigenvalue weighted by Crippen LogP contribution is -2.52. The maximum Gasteiger partial charge on any atom is 0.320 e. The molecule has 22 heavy (non-hydrogen) atoms. The first kappa shape index (κ1) is 16.2. The van der Waals surface area contributed by atoms with Crippen molar-refractivity contribution < 1.29 is 14.3 Å². The van der Waals surface area contributed by atoms with Crippen LogP contribution in [0.3, 0.4) is 0 Å². The van der Waals surface area contributed by atoms with Gasteiger partial charge in [-0.05, 0) is 13.8 Å². The van der Waals surface area contributed by atoms with Gasteiger partial charge in [0.2, 0.25) is 5.91 Å². The van der Waals surface area contributed by atoms with Crippen LogP contribution in [0.5, 0.6) is 0 Å². The van der Waals surface area contributed by atoms with Crippen LogP contribution < -0.4 is 21.3 Å². The number of aromatic nitrogens is 2. The van der Waals surface area contributed by atoms with Gasteiger partial charge in [0.25, 0.3) is 0 Å². The highest BCUT2D eigenvalue weighted by molar-refractivity contribution is 5.88. The van der Waals surface area contributed by atoms with Gasteiger partial charge in [-0.25, -0.2) is 9.48 Å². The molecule has 3 amide bonds. The highest BCUT2D eigenvalue weighted by atomic mass is 16.5. The number of methoxy groups -OCH3 is 1. The minimum Gasteiger partial charge on any atom is -0.383 e. The molecule has 0 radical (unpaired) electrons. The van der Waals surface area contributed by atoms with E-state index in [2.05, 4.69) is 26.4 Å². The van der Waals surface area contributed by atoms with E-state index in [0.29, 0.717) is 25.4 Å². The van der Waals surface area contributed by atoms with E-state index in [1.807, 2.05) is 13.8 Å². The van der Waals surface area contributed by atoms with Crippen LogP contribution in [0, 0.1) is 6.92 Å². The van der Waals surface area contributed by atoms with E-state index < -0.39 is 6.29 Å². The Morgan fingerprint density at radius 1 is 1.59 bits per heavy atom. The van der Waals surface area contributed by atoms with Gasteiger partial charge in [-0.2, -0.15) is 5.10 Å². The number of carbonyl (C=O) groups is 2. The van der Waals surface area contributed by atoms with Gasteiger partial charge < -0.3 is 15.4 Å². The summed E-state index contributed by atoms with van der Waals surface area (Å²) < 4.78 is 6.43. The van der Waals surface area contributed by atoms with Gasteiger partial charge in [0.05, 0.1) is 12.3 Å². The van der Waals surface area contributed by atoms with Gasteiger partial charge in [0.15, 0.2) is 6.29 Å². The van der Waals surface area contributed by atoms with Crippen LogP contribution in [-0.4, -0.2) is 48.0 Å². The molecule has 1 aromatic rings. The fourth-order valence-corrected chi connectivity index (χ4v) is 2.23. The van der Waals surface area contributed by atoms with E-state index in [1.165, 1.54) is 0 Å². The molecule has 2 unspecified atom stereocenters. The molecule has 2 rings (SSSR count). The number of hydrogen-bond acceptors (Lipinski definition) is 5. The van der Waals surface area contributed by atoms with Gasteiger partial charge in [0.1, 0.15) is 5.82 Å². The first-order chi connectivity index (χ1) is 10.5. The van der Waals surface area contributed by atoms with Gasteiger partial charge in [-0.3, -0.25) is 15.4 Å². The maximum atomic E-state index is 11.8. The Balaban J connectivity index is 2.06. The second kappa shape index (κ2) is 7.23. The van der Waals surface area contributed by atoms with E-state index in [4.69, 9.17) is 4.74 Å². The lowest BCUT2D eigenvalue weighted by Gasteiger charge is -2.30. The number of rotatable bonds is 5. The van der Waals surface area contributed by atoms with Crippen molar-refractivity contribution >= 4 is 17.8 Å². The zero-order chi connectivity index (χ0) is 16.1. The van der Waals surface area contributed by atoms with E-state index >= 15 is 0 Å². The highest BCUT2D eigenvalue weighted by Gasteiger charge is 2.26. The average molecular weight is 310 g/mol. The molecular weight excluding hydrogens is 288 g/mol. The molecular formula is C13H22N6O3. The van der Waals surface area contributed by atoms with Crippen LogP contribution >= 0.6 is 0 Å². The number of nitrogens with one attached hydrogen (secondary N) is 4. The molecule has 1 aromatic heterocycles. The fraction of sp³-hybridized carbons (Fsp3) is 0.615. The molecule has 122 valence electrons. The Morgan fingerprint density at radius 3 is 3.05 bits per heavy atom. The number of hydrogen-bond donors (Lipinski definition) is 4. The van der Waals surface area contributed by atoms with Crippen LogP contribution in [0.1, 0.15) is 25.3 Å². The van der Waals surface area contributed by atoms with Crippen LogP contribution in [-0.2, 0) is 9.53 Å². The lowest BCUT2D eigenvalue weighted by atomic mass is 10.2. The topological polar surface area (TPSA) is 109 Å². The largest absolute Gasteiger partial charge is 0.383 e. The van der Waals surface area contributed by atoms with Gasteiger partial charge in [-0.15, -0.1) is 0 Å². The smallest absolute Gasteiger partial charge is 0.320 e. The third kappa shape index (κ3) is 4.18. The summed E-state index contributed by atoms with van der Waals surface area (Å²) in [6.45, 7) is 4.58. The summed E-state index contributed by atoms with van der Waals surface area (Å²) in [7, 11) is 1.57. The summed E-state index contributed by atoms with van der Waals surface area (Å²) in [4.78, 5) is 23.5. The van der Waals surface area contributed by atoms with Crippen molar-refractivity contribution in [2.75, 3.05) is 25.6 Å². The quantitative estimate of drug-likeness (QED) is 0.569. The molecule has 0 saturated carbocycles. The minimum absolute atomic E-state index is 0.0339. The Hall–Kier alpha value is -2.13. The van der Waals surface area contributed by atoms with E-state index in [-0.39, 0.29) is 18.0 Å². The molecule has 1 fully saturated rings. The van der Waals surface area contributed by atoms with Gasteiger partial charge >= 0.3 is 6.03 Å². The zero-order valence-electron chi connectivity index (χ0n) is 13.0. The molecule has 2 heterocycles. The summed E-state index contributed by atoms with van der Waals surface area (Å²) in [5.74, 6) is 0.444. The Kier molecular flexibility index (Phi) is 5.34. The number of amides is 3. The summed E-state index contributed by atoms with van der Waals surface area (Å²) in [5, 5.41) is 15.7. The second-order valence-corrected chi connectivity index (χ2v) is 5.23. The van der Waals surface area contributed by atoms with Crippen molar-refractivity contribution in [1.82, 2.24) is 25.7 Å². The summed E-state index contributed by atoms with van der Waals surface area (Å²) in [6, 6.07) is 1.42. The van der Waals surface area contributed by atoms with Crippen molar-refractivity contribution in [2.24, 2.45) is 0 Å². The summed E-state index contributed by atoms with van der Waals surface area (Å²) in [5.41, 5.74) is 0.737. The molecule has 9 nitrogen and oxygen atoms in total. The predicted octanol–water partition coefficient (Wildman–Crippen LogP) is -0.0865. The Bertz CT molecular complexity index is 544. The Labute approximate surface area is 128 Å². The minimum atomic E-state index is -0.487. The fourth-order valence-electron chi connectivity index (χ4n) is 2.23. The van der Waals surface area contributed by atoms with Crippen molar-refractivity contribution in [3.63, 3.8) is 0 Å². The Morgan fingerprint density at radius 2 is 2.36 bits per heavy atom. The summed E-state index contributed by atoms with van der Waals surface area (Å²) in [6.07, 6.45) is -0.0731. The molecule has 0 aromatic carbocycles. The number of urea groups is 1. The third-order valence-electron chi connectivity index (χ3n) is 3.17. The lowest BCUT2D eigenvalue weighted by molar-refractivity contribution is -0.125. The molecule has 0 spiro atoms. The SMILES string of the molecule is COCCNC(=O)Nc1cc(C)nn1C1NC(=O)CC(C)N1. The second-order valence-electron chi connectivity index (χ2n) is 5.23. The first-order valence-corrected chi connectivity index (χ1v) is 7.15. The first-order valence-electron chi connectivity index (χ1n) is 7.15. The van der Waals surface area contributed by atoms with Crippen LogP contribution in [0.4, 0.5) is 10.6 Å². The van der Waals surface area contributed by atoms with Gasteiger partial charge in [0, 0.05) is 32.2 Å². The molecule has 1 saturated heterocycles. The van der Waals surface area contributed by atoms with Crippen LogP contribution in [0.25, 0.3) is 0 Å². The predicted molar refractivity (Wildman–Crippen MR) is 80.3 cm³/mol. The summed E-state index contributed by atoms with van der Waals surface area (Å²) >= 11 is 0. The average Bonchev–Trinajstić information content (AvgIpc) is 2.78. The molecule has 0 aliphatic carbocycles. The van der Waals surface area contributed by atoms with Gasteiger partial charge in [-0.1, -0.05) is 0 Å². The van der Waals surface area contributed by atoms with E-state index in [1.54, 1.807) is 17.9 Å².